The SMILES string of the molecule is COC(COCCOCCOCCOCCOCCOCCOCCOCCOCCOCCBr)OC. The fourth-order valence-electron chi connectivity index (χ4n) is 2.45. The number of halogens is 1. The van der Waals surface area contributed by atoms with Gasteiger partial charge in [0.25, 0.3) is 0 Å². The number of rotatable bonds is 33. The molecule has 0 saturated heterocycles. The molecule has 0 unspecified atom stereocenters. The molecular formula is C24H49BrO12. The normalized spacial score (nSPS) is 11.7. The van der Waals surface area contributed by atoms with Crippen LogP contribution in [0.4, 0.5) is 0 Å². The minimum Gasteiger partial charge on any atom is -0.378 e. The summed E-state index contributed by atoms with van der Waals surface area (Å²) in [5.74, 6) is 0. The average molecular weight is 610 g/mol. The summed E-state index contributed by atoms with van der Waals surface area (Å²) in [6.45, 7) is 10.5. The third-order valence-corrected chi connectivity index (χ3v) is 4.67. The zero-order chi connectivity index (χ0) is 26.9. The van der Waals surface area contributed by atoms with Crippen molar-refractivity contribution < 1.29 is 56.8 Å². The predicted molar refractivity (Wildman–Crippen MR) is 140 cm³/mol. The van der Waals surface area contributed by atoms with Gasteiger partial charge in [-0.2, -0.15) is 0 Å². The largest absolute Gasteiger partial charge is 0.378 e. The fourth-order valence-corrected chi connectivity index (χ4v) is 2.67. The first-order chi connectivity index (χ1) is 18.3. The number of ether oxygens (including phenoxy) is 12. The molecule has 0 rings (SSSR count). The molecule has 0 spiro atoms. The van der Waals surface area contributed by atoms with Gasteiger partial charge in [-0.15, -0.1) is 0 Å². The monoisotopic (exact) mass is 608 g/mol. The fraction of sp³-hybridized carbons (Fsp3) is 1.00. The first-order valence-corrected chi connectivity index (χ1v) is 13.9. The van der Waals surface area contributed by atoms with Gasteiger partial charge < -0.3 is 56.8 Å². The van der Waals surface area contributed by atoms with Crippen molar-refractivity contribution in [2.45, 2.75) is 6.29 Å². The maximum atomic E-state index is 5.45. The molecular weight excluding hydrogens is 560 g/mol. The second-order valence-electron chi connectivity index (χ2n) is 7.18. The van der Waals surface area contributed by atoms with Crippen LogP contribution in [0.1, 0.15) is 0 Å². The topological polar surface area (TPSA) is 111 Å². The third-order valence-electron chi connectivity index (χ3n) is 4.35. The first-order valence-electron chi connectivity index (χ1n) is 12.7. The average Bonchev–Trinajstić information content (AvgIpc) is 2.92. The molecule has 0 fully saturated rings. The van der Waals surface area contributed by atoms with Gasteiger partial charge in [0.2, 0.25) is 0 Å². The zero-order valence-corrected chi connectivity index (χ0v) is 24.3. The lowest BCUT2D eigenvalue weighted by Gasteiger charge is -2.13. The Morgan fingerprint density at radius 2 is 0.568 bits per heavy atom. The predicted octanol–water partition coefficient (Wildman–Crippen LogP) is 1.17. The Morgan fingerprint density at radius 3 is 0.784 bits per heavy atom. The van der Waals surface area contributed by atoms with Gasteiger partial charge in [-0.3, -0.25) is 0 Å². The van der Waals surface area contributed by atoms with Crippen LogP contribution in [0.5, 0.6) is 0 Å². The van der Waals surface area contributed by atoms with Crippen LogP contribution in [0.25, 0.3) is 0 Å². The Hall–Kier alpha value is 0.0000000000000000347. The molecule has 0 atom stereocenters. The van der Waals surface area contributed by atoms with Crippen molar-refractivity contribution in [3.05, 3.63) is 0 Å². The summed E-state index contributed by atoms with van der Waals surface area (Å²) in [5.41, 5.74) is 0. The van der Waals surface area contributed by atoms with E-state index in [0.29, 0.717) is 132 Å². The quantitative estimate of drug-likeness (QED) is 0.0605. The van der Waals surface area contributed by atoms with E-state index in [1.54, 1.807) is 14.2 Å². The molecule has 0 N–H and O–H groups in total. The molecule has 0 radical (unpaired) electrons. The standard InChI is InChI=1S/C24H49BrO12/c1-26-24(27-2)23-37-22-21-36-20-19-35-18-17-34-16-15-33-14-13-32-12-11-31-10-9-30-8-7-29-6-5-28-4-3-25/h24H,3-23H2,1-2H3. The van der Waals surface area contributed by atoms with Crippen LogP contribution < -0.4 is 0 Å². The van der Waals surface area contributed by atoms with E-state index in [1.165, 1.54) is 0 Å². The van der Waals surface area contributed by atoms with Gasteiger partial charge in [-0.1, -0.05) is 15.9 Å². The van der Waals surface area contributed by atoms with Crippen molar-refractivity contribution in [1.29, 1.82) is 0 Å². The van der Waals surface area contributed by atoms with Gasteiger partial charge in [0.1, 0.15) is 0 Å². The summed E-state index contributed by atoms with van der Waals surface area (Å²) in [6.07, 6.45) is -0.346. The van der Waals surface area contributed by atoms with Gasteiger partial charge in [0, 0.05) is 19.5 Å². The van der Waals surface area contributed by atoms with E-state index >= 15 is 0 Å². The minimum absolute atomic E-state index is 0.346. The maximum absolute atomic E-state index is 5.45. The van der Waals surface area contributed by atoms with Crippen LogP contribution in [-0.2, 0) is 56.8 Å². The Morgan fingerprint density at radius 1 is 0.351 bits per heavy atom. The number of methoxy groups -OCH3 is 2. The molecule has 224 valence electrons. The highest BCUT2D eigenvalue weighted by Gasteiger charge is 2.03. The summed E-state index contributed by atoms with van der Waals surface area (Å²) in [7, 11) is 3.14. The molecule has 0 aromatic heterocycles. The molecule has 0 aliphatic carbocycles. The van der Waals surface area contributed by atoms with Crippen molar-refractivity contribution in [2.75, 3.05) is 152 Å². The van der Waals surface area contributed by atoms with E-state index in [0.717, 1.165) is 5.33 Å². The summed E-state index contributed by atoms with van der Waals surface area (Å²) in [5, 5.41) is 0.839. The molecule has 12 nitrogen and oxygen atoms in total. The molecule has 0 saturated carbocycles. The van der Waals surface area contributed by atoms with Crippen molar-refractivity contribution >= 4 is 15.9 Å². The summed E-state index contributed by atoms with van der Waals surface area (Å²) in [4.78, 5) is 0. The lowest BCUT2D eigenvalue weighted by molar-refractivity contribution is -0.143. The van der Waals surface area contributed by atoms with Gasteiger partial charge in [-0.25, -0.2) is 0 Å². The minimum atomic E-state index is -0.346. The highest BCUT2D eigenvalue weighted by atomic mass is 79.9. The second-order valence-corrected chi connectivity index (χ2v) is 7.97. The third kappa shape index (κ3) is 32.1. The number of hydrogen-bond donors (Lipinski definition) is 0. The lowest BCUT2D eigenvalue weighted by atomic mass is 10.6. The van der Waals surface area contributed by atoms with Gasteiger partial charge in [0.05, 0.1) is 132 Å². The highest BCUT2D eigenvalue weighted by molar-refractivity contribution is 9.09. The lowest BCUT2D eigenvalue weighted by Crippen LogP contribution is -2.21. The van der Waals surface area contributed by atoms with E-state index in [9.17, 15) is 0 Å². The molecule has 0 heterocycles. The van der Waals surface area contributed by atoms with Crippen LogP contribution in [0.15, 0.2) is 0 Å². The highest BCUT2D eigenvalue weighted by Crippen LogP contribution is 1.92. The van der Waals surface area contributed by atoms with Crippen LogP contribution in [-0.4, -0.2) is 158 Å². The number of alkyl halides is 1. The molecule has 0 amide bonds. The Kier molecular flexibility index (Phi) is 34.0. The van der Waals surface area contributed by atoms with E-state index in [4.69, 9.17) is 56.8 Å². The molecule has 0 aromatic carbocycles. The van der Waals surface area contributed by atoms with Gasteiger partial charge >= 0.3 is 0 Å². The molecule has 13 heteroatoms. The van der Waals surface area contributed by atoms with Crippen LogP contribution in [0.3, 0.4) is 0 Å². The van der Waals surface area contributed by atoms with E-state index in [-0.39, 0.29) is 6.29 Å². The van der Waals surface area contributed by atoms with Gasteiger partial charge in [-0.05, 0) is 0 Å². The zero-order valence-electron chi connectivity index (χ0n) is 22.7. The molecule has 0 aliphatic rings. The van der Waals surface area contributed by atoms with E-state index in [2.05, 4.69) is 15.9 Å². The van der Waals surface area contributed by atoms with Crippen LogP contribution in [0.2, 0.25) is 0 Å². The molecule has 0 bridgehead atoms. The first kappa shape index (κ1) is 37.0. The smallest absolute Gasteiger partial charge is 0.180 e. The van der Waals surface area contributed by atoms with Crippen molar-refractivity contribution in [2.24, 2.45) is 0 Å². The van der Waals surface area contributed by atoms with E-state index in [1.807, 2.05) is 0 Å². The van der Waals surface area contributed by atoms with Crippen molar-refractivity contribution in [3.63, 3.8) is 0 Å². The number of hydrogen-bond acceptors (Lipinski definition) is 12. The summed E-state index contributed by atoms with van der Waals surface area (Å²) in [6, 6.07) is 0. The molecule has 0 aliphatic heterocycles. The van der Waals surface area contributed by atoms with Gasteiger partial charge in [0.15, 0.2) is 6.29 Å². The molecule has 37 heavy (non-hydrogen) atoms. The van der Waals surface area contributed by atoms with E-state index < -0.39 is 0 Å². The Bertz CT molecular complexity index is 408. The second kappa shape index (κ2) is 34.0. The maximum Gasteiger partial charge on any atom is 0.180 e. The van der Waals surface area contributed by atoms with Crippen molar-refractivity contribution in [1.82, 2.24) is 0 Å². The molecule has 0 aromatic rings. The van der Waals surface area contributed by atoms with Crippen molar-refractivity contribution in [3.8, 4) is 0 Å². The summed E-state index contributed by atoms with van der Waals surface area (Å²) >= 11 is 3.30. The Balaban J connectivity index is 3.04. The Labute approximate surface area is 230 Å². The summed E-state index contributed by atoms with van der Waals surface area (Å²) < 4.78 is 64.1. The van der Waals surface area contributed by atoms with Crippen LogP contribution in [0, 0.1) is 0 Å². The van der Waals surface area contributed by atoms with Crippen LogP contribution >= 0.6 is 15.9 Å².